The lowest BCUT2D eigenvalue weighted by molar-refractivity contribution is -0.160. The summed E-state index contributed by atoms with van der Waals surface area (Å²) in [5.74, 6) is 0.0126. The maximum atomic E-state index is 13.0. The van der Waals surface area contributed by atoms with Crippen molar-refractivity contribution in [3.63, 3.8) is 0 Å². The highest BCUT2D eigenvalue weighted by molar-refractivity contribution is 5.99. The number of hydrogen-bond donors (Lipinski definition) is 1. The van der Waals surface area contributed by atoms with E-state index in [1.165, 1.54) is 0 Å². The van der Waals surface area contributed by atoms with Crippen LogP contribution in [0.25, 0.3) is 0 Å². The van der Waals surface area contributed by atoms with Gasteiger partial charge in [-0.05, 0) is 39.0 Å². The molecule has 1 aliphatic heterocycles. The first-order chi connectivity index (χ1) is 9.50. The molecule has 0 radical (unpaired) electrons. The van der Waals surface area contributed by atoms with Gasteiger partial charge in [-0.15, -0.1) is 0 Å². The first-order valence-corrected chi connectivity index (χ1v) is 7.68. The molecule has 2 amide bonds. The Balaban J connectivity index is 2.33. The number of amides is 2. The highest BCUT2D eigenvalue weighted by Gasteiger charge is 2.51. The summed E-state index contributed by atoms with van der Waals surface area (Å²) < 4.78 is 5.52. The molecule has 1 saturated carbocycles. The van der Waals surface area contributed by atoms with Crippen LogP contribution in [0.2, 0.25) is 0 Å². The predicted octanol–water partition coefficient (Wildman–Crippen LogP) is 1.46. The molecule has 0 bridgehead atoms. The number of carbonyl (C=O) groups is 2. The monoisotopic (exact) mass is 282 g/mol. The zero-order valence-corrected chi connectivity index (χ0v) is 12.9. The van der Waals surface area contributed by atoms with Crippen molar-refractivity contribution in [1.82, 2.24) is 10.2 Å². The van der Waals surface area contributed by atoms with E-state index < -0.39 is 11.6 Å². The summed E-state index contributed by atoms with van der Waals surface area (Å²) in [5.41, 5.74) is -0.732. The number of carbonyl (C=O) groups excluding carboxylic acids is 2. The van der Waals surface area contributed by atoms with Crippen molar-refractivity contribution in [2.75, 3.05) is 7.11 Å². The van der Waals surface area contributed by atoms with E-state index in [2.05, 4.69) is 5.32 Å². The number of hydrogen-bond acceptors (Lipinski definition) is 3. The Kier molecular flexibility index (Phi) is 4.37. The summed E-state index contributed by atoms with van der Waals surface area (Å²) in [6.07, 6.45) is 4.24. The van der Waals surface area contributed by atoms with Gasteiger partial charge in [-0.25, -0.2) is 0 Å². The van der Waals surface area contributed by atoms with Gasteiger partial charge in [-0.1, -0.05) is 13.8 Å². The summed E-state index contributed by atoms with van der Waals surface area (Å²) >= 11 is 0. The van der Waals surface area contributed by atoms with Crippen molar-refractivity contribution in [1.29, 1.82) is 0 Å². The molecule has 1 saturated heterocycles. The Bertz CT molecular complexity index is 393. The third kappa shape index (κ3) is 2.22. The Morgan fingerprint density at radius 3 is 2.50 bits per heavy atom. The van der Waals surface area contributed by atoms with Crippen LogP contribution in [0.1, 0.15) is 52.9 Å². The van der Waals surface area contributed by atoms with Crippen molar-refractivity contribution in [3.8, 4) is 0 Å². The average molecular weight is 282 g/mol. The van der Waals surface area contributed by atoms with Gasteiger partial charge in [0.2, 0.25) is 11.8 Å². The number of ether oxygens (including phenoxy) is 1. The van der Waals surface area contributed by atoms with E-state index >= 15 is 0 Å². The first-order valence-electron chi connectivity index (χ1n) is 7.68. The molecule has 2 aliphatic rings. The zero-order chi connectivity index (χ0) is 14.9. The molecule has 0 aromatic heterocycles. The molecule has 1 heterocycles. The molecule has 0 spiro atoms. The summed E-state index contributed by atoms with van der Waals surface area (Å²) in [4.78, 5) is 27.1. The smallest absolute Gasteiger partial charge is 0.249 e. The van der Waals surface area contributed by atoms with E-state index in [1.807, 2.05) is 20.8 Å². The van der Waals surface area contributed by atoms with Gasteiger partial charge in [-0.2, -0.15) is 0 Å². The van der Waals surface area contributed by atoms with Gasteiger partial charge in [0.1, 0.15) is 11.6 Å². The fourth-order valence-electron chi connectivity index (χ4n) is 3.61. The summed E-state index contributed by atoms with van der Waals surface area (Å²) in [7, 11) is 1.69. The lowest BCUT2D eigenvalue weighted by Gasteiger charge is -2.47. The van der Waals surface area contributed by atoms with Crippen molar-refractivity contribution >= 4 is 11.8 Å². The predicted molar refractivity (Wildman–Crippen MR) is 76.2 cm³/mol. The van der Waals surface area contributed by atoms with Crippen LogP contribution in [-0.2, 0) is 14.3 Å². The number of rotatable bonds is 4. The molecule has 2 fully saturated rings. The molecule has 5 nitrogen and oxygen atoms in total. The third-order valence-corrected chi connectivity index (χ3v) is 5.09. The second-order valence-corrected chi connectivity index (χ2v) is 5.94. The minimum absolute atomic E-state index is 0.0334. The van der Waals surface area contributed by atoms with Gasteiger partial charge in [-0.3, -0.25) is 9.59 Å². The lowest BCUT2D eigenvalue weighted by atomic mass is 9.86. The van der Waals surface area contributed by atoms with E-state index in [9.17, 15) is 9.59 Å². The fraction of sp³-hybridized carbons (Fsp3) is 0.867. The highest BCUT2D eigenvalue weighted by Crippen LogP contribution is 2.33. The summed E-state index contributed by atoms with van der Waals surface area (Å²) in [6, 6.07) is -0.375. The minimum Gasteiger partial charge on any atom is -0.379 e. The van der Waals surface area contributed by atoms with Crippen LogP contribution in [0.4, 0.5) is 0 Å². The van der Waals surface area contributed by atoms with Crippen molar-refractivity contribution in [2.45, 2.75) is 76.6 Å². The molecule has 1 N–H and O–H groups in total. The molecule has 114 valence electrons. The highest BCUT2D eigenvalue weighted by atomic mass is 16.5. The molecule has 3 atom stereocenters. The third-order valence-electron chi connectivity index (χ3n) is 5.09. The first kappa shape index (κ1) is 15.3. The van der Waals surface area contributed by atoms with Gasteiger partial charge in [0.05, 0.1) is 12.1 Å². The second kappa shape index (κ2) is 5.72. The van der Waals surface area contributed by atoms with Crippen LogP contribution in [0.15, 0.2) is 0 Å². The molecule has 20 heavy (non-hydrogen) atoms. The summed E-state index contributed by atoms with van der Waals surface area (Å²) in [6.45, 7) is 5.73. The van der Waals surface area contributed by atoms with Crippen molar-refractivity contribution in [2.24, 2.45) is 0 Å². The van der Waals surface area contributed by atoms with Gasteiger partial charge >= 0.3 is 0 Å². The van der Waals surface area contributed by atoms with Gasteiger partial charge in [0, 0.05) is 7.11 Å². The van der Waals surface area contributed by atoms with E-state index in [4.69, 9.17) is 4.74 Å². The number of piperazine rings is 1. The fourth-order valence-corrected chi connectivity index (χ4v) is 3.61. The van der Waals surface area contributed by atoms with E-state index in [1.54, 1.807) is 12.0 Å². The van der Waals surface area contributed by atoms with Crippen LogP contribution >= 0.6 is 0 Å². The normalized spacial score (nSPS) is 33.4. The van der Waals surface area contributed by atoms with Crippen LogP contribution in [0.5, 0.6) is 0 Å². The Hall–Kier alpha value is -1.10. The Labute approximate surface area is 121 Å². The van der Waals surface area contributed by atoms with Crippen LogP contribution in [0, 0.1) is 0 Å². The van der Waals surface area contributed by atoms with Crippen LogP contribution in [0.3, 0.4) is 0 Å². The molecular formula is C15H26N2O3. The maximum Gasteiger partial charge on any atom is 0.249 e. The SMILES string of the molecule is CCC1(CC)NC(=O)C(C)N(C2CCCC2OC)C1=O. The number of methoxy groups -OCH3 is 1. The Morgan fingerprint density at radius 1 is 1.30 bits per heavy atom. The molecule has 5 heteroatoms. The zero-order valence-electron chi connectivity index (χ0n) is 12.9. The maximum absolute atomic E-state index is 13.0. The second-order valence-electron chi connectivity index (χ2n) is 5.94. The molecule has 0 aromatic rings. The molecule has 1 aliphatic carbocycles. The van der Waals surface area contributed by atoms with E-state index in [0.29, 0.717) is 12.8 Å². The summed E-state index contributed by atoms with van der Waals surface area (Å²) in [5, 5.41) is 2.94. The molecule has 0 aromatic carbocycles. The molecule has 2 rings (SSSR count). The minimum atomic E-state index is -0.732. The van der Waals surface area contributed by atoms with E-state index in [0.717, 1.165) is 19.3 Å². The van der Waals surface area contributed by atoms with Crippen LogP contribution < -0.4 is 5.32 Å². The van der Waals surface area contributed by atoms with E-state index in [-0.39, 0.29) is 24.0 Å². The standard InChI is InChI=1S/C15H26N2O3/c1-5-15(6-2)14(19)17(10(3)13(18)16-15)11-8-7-9-12(11)20-4/h10-12H,5-9H2,1-4H3,(H,16,18). The quantitative estimate of drug-likeness (QED) is 0.849. The van der Waals surface area contributed by atoms with Gasteiger partial charge in [0.25, 0.3) is 0 Å². The number of nitrogens with one attached hydrogen (secondary N) is 1. The van der Waals surface area contributed by atoms with Gasteiger partial charge in [0.15, 0.2) is 0 Å². The van der Waals surface area contributed by atoms with Crippen molar-refractivity contribution in [3.05, 3.63) is 0 Å². The van der Waals surface area contributed by atoms with Crippen LogP contribution in [-0.4, -0.2) is 47.6 Å². The largest absolute Gasteiger partial charge is 0.379 e. The van der Waals surface area contributed by atoms with Crippen molar-refractivity contribution < 1.29 is 14.3 Å². The lowest BCUT2D eigenvalue weighted by Crippen LogP contribution is -2.71. The molecule has 3 unspecified atom stereocenters. The average Bonchev–Trinajstić information content (AvgIpc) is 2.91. The Morgan fingerprint density at radius 2 is 1.95 bits per heavy atom. The van der Waals surface area contributed by atoms with Gasteiger partial charge < -0.3 is 15.0 Å². The number of nitrogens with zero attached hydrogens (tertiary/aromatic N) is 1. The topological polar surface area (TPSA) is 58.6 Å². The molecular weight excluding hydrogens is 256 g/mol.